The van der Waals surface area contributed by atoms with E-state index in [1.54, 1.807) is 16.4 Å². The summed E-state index contributed by atoms with van der Waals surface area (Å²) in [7, 11) is -3.71. The fourth-order valence-corrected chi connectivity index (χ4v) is 7.73. The molecule has 0 spiro atoms. The van der Waals surface area contributed by atoms with Crippen LogP contribution in [0.1, 0.15) is 82.0 Å². The predicted molar refractivity (Wildman–Crippen MR) is 165 cm³/mol. The van der Waals surface area contributed by atoms with Gasteiger partial charge in [-0.25, -0.2) is 8.42 Å². The highest BCUT2D eigenvalue weighted by Gasteiger charge is 2.35. The quantitative estimate of drug-likeness (QED) is 0.328. The first-order chi connectivity index (χ1) is 19.6. The molecule has 1 aliphatic heterocycles. The summed E-state index contributed by atoms with van der Waals surface area (Å²) < 4.78 is 29.0. The minimum Gasteiger partial charge on any atom is -0.349 e. The van der Waals surface area contributed by atoms with Crippen molar-refractivity contribution < 1.29 is 13.2 Å². The molecule has 1 unspecified atom stereocenters. The zero-order chi connectivity index (χ0) is 29.0. The Morgan fingerprint density at radius 3 is 2.37 bits per heavy atom. The molecule has 41 heavy (non-hydrogen) atoms. The number of aryl methyl sites for hydroxylation is 1. The third-order valence-electron chi connectivity index (χ3n) is 8.24. The molecule has 5 rings (SSSR count). The first-order valence-corrected chi connectivity index (χ1v) is 16.4. The van der Waals surface area contributed by atoms with Gasteiger partial charge in [0.1, 0.15) is 0 Å². The second-order valence-electron chi connectivity index (χ2n) is 12.5. The second-order valence-corrected chi connectivity index (χ2v) is 14.4. The summed E-state index contributed by atoms with van der Waals surface area (Å²) in [5.74, 6) is -0.0761. The largest absolute Gasteiger partial charge is 0.349 e. The Labute approximate surface area is 245 Å². The minimum absolute atomic E-state index is 0.0324. The van der Waals surface area contributed by atoms with Crippen molar-refractivity contribution in [3.63, 3.8) is 0 Å². The zero-order valence-corrected chi connectivity index (χ0v) is 25.3. The van der Waals surface area contributed by atoms with Crippen molar-refractivity contribution in [3.05, 3.63) is 89.5 Å². The smallest absolute Gasteiger partial charge is 0.243 e. The van der Waals surface area contributed by atoms with Crippen LogP contribution in [0.15, 0.2) is 77.7 Å². The summed E-state index contributed by atoms with van der Waals surface area (Å²) in [4.78, 5) is 13.6. The molecule has 0 saturated carbocycles. The van der Waals surface area contributed by atoms with E-state index in [1.807, 2.05) is 42.5 Å². The Morgan fingerprint density at radius 2 is 1.63 bits per heavy atom. The molecule has 0 aromatic heterocycles. The van der Waals surface area contributed by atoms with Crippen LogP contribution in [-0.2, 0) is 27.8 Å². The van der Waals surface area contributed by atoms with Gasteiger partial charge in [0, 0.05) is 31.1 Å². The molecule has 2 N–H and O–H groups in total. The summed E-state index contributed by atoms with van der Waals surface area (Å²) in [6.45, 7) is 7.75. The maximum Gasteiger partial charge on any atom is 0.243 e. The summed E-state index contributed by atoms with van der Waals surface area (Å²) in [6.07, 6.45) is 5.55. The molecule has 0 bridgehead atoms. The van der Waals surface area contributed by atoms with Gasteiger partial charge in [-0.15, -0.1) is 0 Å². The minimum atomic E-state index is -3.71. The van der Waals surface area contributed by atoms with Crippen molar-refractivity contribution in [2.45, 2.75) is 94.8 Å². The van der Waals surface area contributed by atoms with Gasteiger partial charge in [0.2, 0.25) is 15.9 Å². The van der Waals surface area contributed by atoms with Gasteiger partial charge in [0.25, 0.3) is 0 Å². The Morgan fingerprint density at radius 1 is 0.902 bits per heavy atom. The summed E-state index contributed by atoms with van der Waals surface area (Å²) in [5, 5.41) is 6.81. The molecule has 1 fully saturated rings. The number of nitrogens with one attached hydrogen (secondary N) is 2. The standard InChI is InChI=1S/C34H43N3O3S/c1-34(2,3)35-24-25-15-20-31-28(22-25)12-9-14-32(31)36-33(38)23-29-13-7-8-21-37(29)41(39,40)30-18-16-27(17-19-30)26-10-5-4-6-11-26/h4-6,10-11,15-20,22,29,32,35H,7-9,12-14,21,23-24H2,1-3H3,(H,36,38)/t29?,32-/m1/s1. The van der Waals surface area contributed by atoms with Crippen molar-refractivity contribution in [1.82, 2.24) is 14.9 Å². The van der Waals surface area contributed by atoms with Crippen LogP contribution in [-0.4, -0.2) is 36.8 Å². The highest BCUT2D eigenvalue weighted by atomic mass is 32.2. The lowest BCUT2D eigenvalue weighted by atomic mass is 9.86. The van der Waals surface area contributed by atoms with Gasteiger partial charge in [-0.05, 0) is 92.8 Å². The summed E-state index contributed by atoms with van der Waals surface area (Å²) in [5.41, 5.74) is 5.82. The van der Waals surface area contributed by atoms with Gasteiger partial charge in [-0.1, -0.05) is 67.1 Å². The molecule has 3 aromatic carbocycles. The van der Waals surface area contributed by atoms with E-state index < -0.39 is 10.0 Å². The van der Waals surface area contributed by atoms with Crippen LogP contribution >= 0.6 is 0 Å². The number of sulfonamides is 1. The topological polar surface area (TPSA) is 78.5 Å². The normalized spacial score (nSPS) is 19.9. The Kier molecular flexibility index (Phi) is 8.97. The number of hydrogen-bond acceptors (Lipinski definition) is 4. The average Bonchev–Trinajstić information content (AvgIpc) is 2.96. The van der Waals surface area contributed by atoms with E-state index in [0.29, 0.717) is 13.0 Å². The third-order valence-corrected chi connectivity index (χ3v) is 10.2. The van der Waals surface area contributed by atoms with E-state index in [0.717, 1.165) is 49.8 Å². The molecular formula is C34H43N3O3S. The molecule has 2 aliphatic rings. The number of hydrogen-bond donors (Lipinski definition) is 2. The first-order valence-electron chi connectivity index (χ1n) is 14.9. The van der Waals surface area contributed by atoms with Gasteiger partial charge in [-0.3, -0.25) is 4.79 Å². The number of piperidine rings is 1. The van der Waals surface area contributed by atoms with Crippen molar-refractivity contribution in [1.29, 1.82) is 0 Å². The lowest BCUT2D eigenvalue weighted by Gasteiger charge is -2.35. The fourth-order valence-electron chi connectivity index (χ4n) is 6.04. The maximum atomic E-state index is 13.7. The van der Waals surface area contributed by atoms with Crippen molar-refractivity contribution >= 4 is 15.9 Å². The third kappa shape index (κ3) is 7.26. The molecule has 6 nitrogen and oxygen atoms in total. The Hall–Kier alpha value is -3.00. The van der Waals surface area contributed by atoms with Crippen LogP contribution < -0.4 is 10.6 Å². The molecular weight excluding hydrogens is 530 g/mol. The predicted octanol–water partition coefficient (Wildman–Crippen LogP) is 6.37. The Balaban J connectivity index is 1.25. The Bertz CT molecular complexity index is 1450. The number of carbonyl (C=O) groups is 1. The van der Waals surface area contributed by atoms with Gasteiger partial charge >= 0.3 is 0 Å². The van der Waals surface area contributed by atoms with E-state index in [-0.39, 0.29) is 34.8 Å². The van der Waals surface area contributed by atoms with Crippen LogP contribution in [0.2, 0.25) is 0 Å². The van der Waals surface area contributed by atoms with E-state index in [4.69, 9.17) is 0 Å². The van der Waals surface area contributed by atoms with Gasteiger partial charge in [0.15, 0.2) is 0 Å². The number of benzene rings is 3. The monoisotopic (exact) mass is 573 g/mol. The van der Waals surface area contributed by atoms with Crippen molar-refractivity contribution in [3.8, 4) is 11.1 Å². The highest BCUT2D eigenvalue weighted by molar-refractivity contribution is 7.89. The van der Waals surface area contributed by atoms with E-state index in [2.05, 4.69) is 49.6 Å². The lowest BCUT2D eigenvalue weighted by Crippen LogP contribution is -2.46. The van der Waals surface area contributed by atoms with Crippen LogP contribution in [0.4, 0.5) is 0 Å². The SMILES string of the molecule is CC(C)(C)NCc1ccc2c(c1)CCC[C@H]2NC(=O)CC1CCCCN1S(=O)(=O)c1ccc(-c2ccccc2)cc1. The van der Waals surface area contributed by atoms with Gasteiger partial charge in [0.05, 0.1) is 10.9 Å². The highest BCUT2D eigenvalue weighted by Crippen LogP contribution is 2.32. The molecule has 3 aromatic rings. The molecule has 218 valence electrons. The first kappa shape index (κ1) is 29.5. The molecule has 1 heterocycles. The fraction of sp³-hybridized carbons (Fsp3) is 0.441. The summed E-state index contributed by atoms with van der Waals surface area (Å²) >= 11 is 0. The lowest BCUT2D eigenvalue weighted by molar-refractivity contribution is -0.123. The van der Waals surface area contributed by atoms with Gasteiger partial charge in [-0.2, -0.15) is 4.31 Å². The number of carbonyl (C=O) groups excluding carboxylic acids is 1. The van der Waals surface area contributed by atoms with E-state index in [1.165, 1.54) is 16.7 Å². The zero-order valence-electron chi connectivity index (χ0n) is 24.5. The molecule has 1 amide bonds. The van der Waals surface area contributed by atoms with Gasteiger partial charge < -0.3 is 10.6 Å². The second kappa shape index (κ2) is 12.5. The van der Waals surface area contributed by atoms with Crippen molar-refractivity contribution in [2.75, 3.05) is 6.54 Å². The van der Waals surface area contributed by atoms with Crippen molar-refractivity contribution in [2.24, 2.45) is 0 Å². The van der Waals surface area contributed by atoms with Crippen LogP contribution in [0.5, 0.6) is 0 Å². The number of amides is 1. The molecule has 7 heteroatoms. The number of rotatable bonds is 8. The maximum absolute atomic E-state index is 13.7. The molecule has 2 atom stereocenters. The van der Waals surface area contributed by atoms with Crippen LogP contribution in [0, 0.1) is 0 Å². The molecule has 0 radical (unpaired) electrons. The van der Waals surface area contributed by atoms with E-state index >= 15 is 0 Å². The van der Waals surface area contributed by atoms with Crippen LogP contribution in [0.25, 0.3) is 11.1 Å². The summed E-state index contributed by atoms with van der Waals surface area (Å²) in [6, 6.07) is 23.2. The molecule has 1 saturated heterocycles. The number of nitrogens with zero attached hydrogens (tertiary/aromatic N) is 1. The number of fused-ring (bicyclic) bond motifs is 1. The molecule has 1 aliphatic carbocycles. The average molecular weight is 574 g/mol. The van der Waals surface area contributed by atoms with E-state index in [9.17, 15) is 13.2 Å². The van der Waals surface area contributed by atoms with Crippen LogP contribution in [0.3, 0.4) is 0 Å².